The molecule has 262 valence electrons. The second-order valence-electron chi connectivity index (χ2n) is 13.8. The van der Waals surface area contributed by atoms with Gasteiger partial charge in [0.05, 0.1) is 16.6 Å². The van der Waals surface area contributed by atoms with Crippen LogP contribution in [0.4, 0.5) is 0 Å². The minimum Gasteiger partial charge on any atom is -0.292 e. The van der Waals surface area contributed by atoms with Crippen LogP contribution in [0.5, 0.6) is 0 Å². The van der Waals surface area contributed by atoms with Crippen molar-refractivity contribution in [2.45, 2.75) is 0 Å². The van der Waals surface area contributed by atoms with E-state index in [0.717, 1.165) is 61.2 Å². The highest BCUT2D eigenvalue weighted by Gasteiger charge is 2.24. The Balaban J connectivity index is 1.27. The molecule has 0 saturated carbocycles. The third-order valence-corrected chi connectivity index (χ3v) is 11.7. The van der Waals surface area contributed by atoms with Crippen LogP contribution in [0.1, 0.15) is 0 Å². The van der Waals surface area contributed by atoms with Crippen LogP contribution in [0.15, 0.2) is 188 Å². The van der Waals surface area contributed by atoms with E-state index in [1.807, 2.05) is 78.2 Å². The van der Waals surface area contributed by atoms with Gasteiger partial charge in [-0.3, -0.25) is 4.57 Å². The number of nitrogens with zero attached hydrogens (tertiary/aromatic N) is 5. The fourth-order valence-electron chi connectivity index (χ4n) is 7.97. The molecule has 7 aromatic carbocycles. The van der Waals surface area contributed by atoms with Crippen LogP contribution in [0, 0.1) is 0 Å². The number of hydrogen-bond acceptors (Lipinski definition) is 5. The normalized spacial score (nSPS) is 11.6. The molecule has 0 aliphatic rings. The van der Waals surface area contributed by atoms with Gasteiger partial charge in [-0.2, -0.15) is 0 Å². The molecule has 0 radical (unpaired) electrons. The van der Waals surface area contributed by atoms with E-state index < -0.39 is 0 Å². The molecule has 6 heteroatoms. The lowest BCUT2D eigenvalue weighted by Gasteiger charge is -2.17. The highest BCUT2D eigenvalue weighted by Crippen LogP contribution is 2.44. The van der Waals surface area contributed by atoms with E-state index in [4.69, 9.17) is 19.9 Å². The Bertz CT molecular complexity index is 3190. The topological polar surface area (TPSA) is 56.5 Å². The molecule has 56 heavy (non-hydrogen) atoms. The minimum absolute atomic E-state index is 0.549. The van der Waals surface area contributed by atoms with Gasteiger partial charge in [-0.1, -0.05) is 158 Å². The first-order chi connectivity index (χ1) is 27.8. The zero-order valence-corrected chi connectivity index (χ0v) is 30.9. The van der Waals surface area contributed by atoms with Crippen molar-refractivity contribution in [1.82, 2.24) is 24.5 Å². The van der Waals surface area contributed by atoms with Gasteiger partial charge in [0.2, 0.25) is 0 Å². The fraction of sp³-hybridized carbons (Fsp3) is 0. The average molecular weight is 734 g/mol. The first-order valence-corrected chi connectivity index (χ1v) is 19.5. The van der Waals surface area contributed by atoms with E-state index in [0.29, 0.717) is 17.5 Å². The maximum atomic E-state index is 5.45. The standard InChI is InChI=1S/C50H31N5S/c1-4-16-32(17-5-1)36-22-10-11-23-37(36)35-30-41(49-53-47(33-18-6-2-7-19-33)52-48(54-49)34-20-8-3-9-21-34)50(51-31-35)55-42-26-14-12-24-38(42)39-28-29-44-45(46(39)55)40-25-13-15-27-43(40)56-44/h1-31H. The number of para-hydroxylation sites is 1. The molecule has 0 bridgehead atoms. The van der Waals surface area contributed by atoms with Gasteiger partial charge in [-0.15, -0.1) is 11.3 Å². The molecule has 0 unspecified atom stereocenters. The smallest absolute Gasteiger partial charge is 0.167 e. The second-order valence-corrected chi connectivity index (χ2v) is 14.9. The number of rotatable bonds is 6. The van der Waals surface area contributed by atoms with Gasteiger partial charge in [0.1, 0.15) is 5.82 Å². The number of benzene rings is 7. The van der Waals surface area contributed by atoms with E-state index in [2.05, 4.69) is 126 Å². The molecule has 0 spiro atoms. The highest BCUT2D eigenvalue weighted by molar-refractivity contribution is 7.26. The van der Waals surface area contributed by atoms with E-state index in [-0.39, 0.29) is 0 Å². The van der Waals surface area contributed by atoms with Crippen molar-refractivity contribution in [1.29, 1.82) is 0 Å². The summed E-state index contributed by atoms with van der Waals surface area (Å²) >= 11 is 1.82. The summed E-state index contributed by atoms with van der Waals surface area (Å²) in [5, 5.41) is 4.79. The maximum absolute atomic E-state index is 5.45. The summed E-state index contributed by atoms with van der Waals surface area (Å²) in [4.78, 5) is 21.0. The zero-order valence-electron chi connectivity index (χ0n) is 30.0. The van der Waals surface area contributed by atoms with Crippen LogP contribution in [0.2, 0.25) is 0 Å². The third-order valence-electron chi connectivity index (χ3n) is 10.5. The molecule has 0 saturated heterocycles. The van der Waals surface area contributed by atoms with Crippen molar-refractivity contribution >= 4 is 53.3 Å². The highest BCUT2D eigenvalue weighted by atomic mass is 32.1. The largest absolute Gasteiger partial charge is 0.292 e. The van der Waals surface area contributed by atoms with Crippen LogP contribution in [0.3, 0.4) is 0 Å². The third kappa shape index (κ3) is 5.30. The summed E-state index contributed by atoms with van der Waals surface area (Å²) in [6, 6.07) is 63.4. The molecule has 11 rings (SSSR count). The van der Waals surface area contributed by atoms with Crippen molar-refractivity contribution in [2.75, 3.05) is 0 Å². The molecule has 0 fully saturated rings. The molecule has 0 N–H and O–H groups in total. The first-order valence-electron chi connectivity index (χ1n) is 18.6. The van der Waals surface area contributed by atoms with Crippen LogP contribution < -0.4 is 0 Å². The van der Waals surface area contributed by atoms with Gasteiger partial charge in [0, 0.05) is 53.8 Å². The Morgan fingerprint density at radius 3 is 1.64 bits per heavy atom. The van der Waals surface area contributed by atoms with Crippen molar-refractivity contribution in [3.05, 3.63) is 188 Å². The predicted octanol–water partition coefficient (Wildman–Crippen LogP) is 13.1. The second kappa shape index (κ2) is 13.2. The lowest BCUT2D eigenvalue weighted by molar-refractivity contribution is 1.04. The Labute approximate surface area is 326 Å². The lowest BCUT2D eigenvalue weighted by Crippen LogP contribution is -2.06. The van der Waals surface area contributed by atoms with E-state index in [1.165, 1.54) is 25.6 Å². The van der Waals surface area contributed by atoms with Gasteiger partial charge in [0.25, 0.3) is 0 Å². The van der Waals surface area contributed by atoms with Crippen LogP contribution in [-0.2, 0) is 0 Å². The molecule has 0 atom stereocenters. The predicted molar refractivity (Wildman–Crippen MR) is 232 cm³/mol. The van der Waals surface area contributed by atoms with Crippen molar-refractivity contribution in [3.63, 3.8) is 0 Å². The summed E-state index contributed by atoms with van der Waals surface area (Å²) in [6.07, 6.45) is 2.00. The molecule has 0 aliphatic heterocycles. The van der Waals surface area contributed by atoms with Crippen LogP contribution in [-0.4, -0.2) is 24.5 Å². The summed E-state index contributed by atoms with van der Waals surface area (Å²) in [6.45, 7) is 0. The summed E-state index contributed by atoms with van der Waals surface area (Å²) in [5.74, 6) is 2.50. The Morgan fingerprint density at radius 2 is 0.946 bits per heavy atom. The molecule has 5 nitrogen and oxygen atoms in total. The van der Waals surface area contributed by atoms with E-state index in [9.17, 15) is 0 Å². The molecule has 4 heterocycles. The number of aromatic nitrogens is 5. The Hall–Kier alpha value is -7.28. The van der Waals surface area contributed by atoms with Crippen molar-refractivity contribution in [3.8, 4) is 62.2 Å². The fourth-order valence-corrected chi connectivity index (χ4v) is 9.07. The van der Waals surface area contributed by atoms with Gasteiger partial charge in [-0.05, 0) is 41.0 Å². The molecule has 0 amide bonds. The summed E-state index contributed by atoms with van der Waals surface area (Å²) in [5.41, 5.74) is 9.13. The van der Waals surface area contributed by atoms with Crippen molar-refractivity contribution < 1.29 is 0 Å². The van der Waals surface area contributed by atoms with Crippen LogP contribution >= 0.6 is 11.3 Å². The van der Waals surface area contributed by atoms with E-state index in [1.54, 1.807) is 0 Å². The van der Waals surface area contributed by atoms with Gasteiger partial charge in [-0.25, -0.2) is 19.9 Å². The monoisotopic (exact) mass is 733 g/mol. The van der Waals surface area contributed by atoms with Gasteiger partial charge in [0.15, 0.2) is 17.5 Å². The Morgan fingerprint density at radius 1 is 0.393 bits per heavy atom. The minimum atomic E-state index is 0.549. The summed E-state index contributed by atoms with van der Waals surface area (Å²) < 4.78 is 4.82. The lowest BCUT2D eigenvalue weighted by atomic mass is 9.94. The number of fused-ring (bicyclic) bond motifs is 7. The number of thiophene rings is 1. The Kier molecular flexibility index (Phi) is 7.60. The SMILES string of the molecule is c1ccc(-c2nc(-c3ccccc3)nc(-c3cc(-c4ccccc4-c4ccccc4)cnc3-n3c4ccccc4c4ccc5sc6ccccc6c5c43)n2)cc1. The first kappa shape index (κ1) is 32.2. The van der Waals surface area contributed by atoms with Gasteiger partial charge >= 0.3 is 0 Å². The average Bonchev–Trinajstić information content (AvgIpc) is 3.83. The van der Waals surface area contributed by atoms with Gasteiger partial charge < -0.3 is 0 Å². The molecule has 11 aromatic rings. The summed E-state index contributed by atoms with van der Waals surface area (Å²) in [7, 11) is 0. The van der Waals surface area contributed by atoms with Crippen molar-refractivity contribution in [2.24, 2.45) is 0 Å². The molecule has 4 aromatic heterocycles. The number of pyridine rings is 1. The van der Waals surface area contributed by atoms with Crippen LogP contribution in [0.25, 0.3) is 104 Å². The van der Waals surface area contributed by atoms with E-state index >= 15 is 0 Å². The quantitative estimate of drug-likeness (QED) is 0.171. The zero-order chi connectivity index (χ0) is 37.0. The number of hydrogen-bond donors (Lipinski definition) is 0. The molecular weight excluding hydrogens is 703 g/mol. The molecule has 0 aliphatic carbocycles. The maximum Gasteiger partial charge on any atom is 0.167 e. The molecular formula is C50H31N5S.